The van der Waals surface area contributed by atoms with E-state index in [0.29, 0.717) is 6.04 Å². The Bertz CT molecular complexity index is 398. The van der Waals surface area contributed by atoms with Crippen molar-refractivity contribution in [2.24, 2.45) is 0 Å². The van der Waals surface area contributed by atoms with E-state index in [2.05, 4.69) is 37.9 Å². The molecule has 3 nitrogen and oxygen atoms in total. The van der Waals surface area contributed by atoms with Gasteiger partial charge in [0.25, 0.3) is 0 Å². The van der Waals surface area contributed by atoms with Crippen molar-refractivity contribution in [1.29, 1.82) is 0 Å². The molecule has 0 radical (unpaired) electrons. The fraction of sp³-hybridized carbons (Fsp3) is 0.800. The monoisotopic (exact) mass is 281 g/mol. The lowest BCUT2D eigenvalue weighted by atomic mass is 10.2. The van der Waals surface area contributed by atoms with Crippen molar-refractivity contribution in [3.8, 4) is 0 Å². The van der Waals surface area contributed by atoms with E-state index in [9.17, 15) is 0 Å². The van der Waals surface area contributed by atoms with Crippen LogP contribution in [0.3, 0.4) is 0 Å². The molecular formula is C15H27N3S. The summed E-state index contributed by atoms with van der Waals surface area (Å²) >= 11 is 1.88. The van der Waals surface area contributed by atoms with Crippen LogP contribution in [-0.2, 0) is 13.0 Å². The van der Waals surface area contributed by atoms with Gasteiger partial charge >= 0.3 is 0 Å². The summed E-state index contributed by atoms with van der Waals surface area (Å²) in [5.41, 5.74) is 1.29. The van der Waals surface area contributed by atoms with Crippen LogP contribution >= 0.6 is 11.3 Å². The molecule has 1 aliphatic rings. The van der Waals surface area contributed by atoms with Crippen LogP contribution in [0.1, 0.15) is 57.5 Å². The van der Waals surface area contributed by atoms with Crippen LogP contribution < -0.4 is 10.2 Å². The number of nitrogens with zero attached hydrogens (tertiary/aromatic N) is 2. The number of hydrogen-bond donors (Lipinski definition) is 1. The summed E-state index contributed by atoms with van der Waals surface area (Å²) in [4.78, 5) is 8.74. The van der Waals surface area contributed by atoms with Gasteiger partial charge in [-0.05, 0) is 39.5 Å². The van der Waals surface area contributed by atoms with Crippen molar-refractivity contribution >= 4 is 16.5 Å². The van der Waals surface area contributed by atoms with Gasteiger partial charge in [0.15, 0.2) is 5.13 Å². The maximum atomic E-state index is 4.87. The molecule has 1 heterocycles. The first-order chi connectivity index (χ1) is 9.19. The summed E-state index contributed by atoms with van der Waals surface area (Å²) in [5.74, 6) is 0. The highest BCUT2D eigenvalue weighted by Gasteiger charge is 2.22. The van der Waals surface area contributed by atoms with Crippen LogP contribution in [0.25, 0.3) is 0 Å². The lowest BCUT2D eigenvalue weighted by molar-refractivity contribution is 0.627. The van der Waals surface area contributed by atoms with Crippen LogP contribution in [0.5, 0.6) is 0 Å². The summed E-state index contributed by atoms with van der Waals surface area (Å²) in [6.07, 6.45) is 4.91. The van der Waals surface area contributed by atoms with E-state index in [1.54, 1.807) is 0 Å². The maximum absolute atomic E-state index is 4.87. The van der Waals surface area contributed by atoms with Crippen LogP contribution in [0, 0.1) is 0 Å². The average Bonchev–Trinajstić information content (AvgIpc) is 3.17. The van der Waals surface area contributed by atoms with Gasteiger partial charge in [0.2, 0.25) is 0 Å². The molecule has 1 aliphatic carbocycles. The number of rotatable bonds is 8. The fourth-order valence-electron chi connectivity index (χ4n) is 2.29. The minimum absolute atomic E-state index is 0.574. The average molecular weight is 281 g/mol. The smallest absolute Gasteiger partial charge is 0.186 e. The Morgan fingerprint density at radius 3 is 2.63 bits per heavy atom. The summed E-state index contributed by atoms with van der Waals surface area (Å²) in [5, 5.41) is 4.82. The van der Waals surface area contributed by atoms with E-state index in [1.165, 1.54) is 35.0 Å². The third kappa shape index (κ3) is 3.69. The molecule has 4 heteroatoms. The van der Waals surface area contributed by atoms with Crippen molar-refractivity contribution in [1.82, 2.24) is 10.3 Å². The Labute approximate surface area is 121 Å². The Morgan fingerprint density at radius 2 is 2.11 bits per heavy atom. The molecule has 0 saturated heterocycles. The summed E-state index contributed by atoms with van der Waals surface area (Å²) in [7, 11) is 0. The number of thiazole rings is 1. The van der Waals surface area contributed by atoms with E-state index in [1.807, 2.05) is 11.3 Å². The molecule has 1 fully saturated rings. The van der Waals surface area contributed by atoms with Crippen molar-refractivity contribution in [3.63, 3.8) is 0 Å². The SMILES string of the molecule is CCc1nc(N(CC)C(C)CC)sc1CNC1CC1. The highest BCUT2D eigenvalue weighted by atomic mass is 32.1. The first kappa shape index (κ1) is 14.8. The predicted molar refractivity (Wildman–Crippen MR) is 84.1 cm³/mol. The molecule has 19 heavy (non-hydrogen) atoms. The summed E-state index contributed by atoms with van der Waals surface area (Å²) < 4.78 is 0. The van der Waals surface area contributed by atoms with Crippen molar-refractivity contribution in [3.05, 3.63) is 10.6 Å². The lowest BCUT2D eigenvalue weighted by Gasteiger charge is -2.26. The first-order valence-electron chi connectivity index (χ1n) is 7.68. The van der Waals surface area contributed by atoms with Crippen molar-refractivity contribution in [2.75, 3.05) is 11.4 Å². The molecular weight excluding hydrogens is 254 g/mol. The molecule has 1 N–H and O–H groups in total. The van der Waals surface area contributed by atoms with Gasteiger partial charge in [-0.3, -0.25) is 0 Å². The molecule has 1 aromatic rings. The van der Waals surface area contributed by atoms with E-state index < -0.39 is 0 Å². The molecule has 0 amide bonds. The minimum Gasteiger partial charge on any atom is -0.346 e. The number of anilines is 1. The van der Waals surface area contributed by atoms with Gasteiger partial charge in [-0.15, -0.1) is 11.3 Å². The molecule has 1 atom stereocenters. The lowest BCUT2D eigenvalue weighted by Crippen LogP contribution is -2.32. The Balaban J connectivity index is 2.10. The number of hydrogen-bond acceptors (Lipinski definition) is 4. The third-order valence-corrected chi connectivity index (χ3v) is 5.07. The van der Waals surface area contributed by atoms with Gasteiger partial charge in [-0.1, -0.05) is 13.8 Å². The number of nitrogens with one attached hydrogen (secondary N) is 1. The Kier molecular flexibility index (Phi) is 5.22. The van der Waals surface area contributed by atoms with Crippen molar-refractivity contribution < 1.29 is 0 Å². The standard InChI is InChI=1S/C15H27N3S/c1-5-11(4)18(7-3)15-17-13(6-2)14(19-15)10-16-12-8-9-12/h11-12,16H,5-10H2,1-4H3. The zero-order valence-electron chi connectivity index (χ0n) is 12.7. The van der Waals surface area contributed by atoms with Gasteiger partial charge in [-0.25, -0.2) is 4.98 Å². The van der Waals surface area contributed by atoms with E-state index >= 15 is 0 Å². The quantitative estimate of drug-likeness (QED) is 0.789. The number of aryl methyl sites for hydroxylation is 1. The largest absolute Gasteiger partial charge is 0.346 e. The molecule has 1 aromatic heterocycles. The van der Waals surface area contributed by atoms with Gasteiger partial charge in [-0.2, -0.15) is 0 Å². The second-order valence-corrected chi connectivity index (χ2v) is 6.48. The second-order valence-electron chi connectivity index (χ2n) is 5.42. The third-order valence-electron chi connectivity index (χ3n) is 3.94. The molecule has 0 aromatic carbocycles. The topological polar surface area (TPSA) is 28.2 Å². The minimum atomic E-state index is 0.574. The zero-order valence-corrected chi connectivity index (χ0v) is 13.5. The molecule has 0 spiro atoms. The fourth-order valence-corrected chi connectivity index (χ4v) is 3.55. The van der Waals surface area contributed by atoms with E-state index in [0.717, 1.165) is 25.6 Å². The zero-order chi connectivity index (χ0) is 13.8. The maximum Gasteiger partial charge on any atom is 0.186 e. The van der Waals surface area contributed by atoms with Gasteiger partial charge in [0, 0.05) is 30.1 Å². The van der Waals surface area contributed by atoms with Gasteiger partial charge in [0.05, 0.1) is 5.69 Å². The van der Waals surface area contributed by atoms with E-state index in [4.69, 9.17) is 4.98 Å². The molecule has 108 valence electrons. The summed E-state index contributed by atoms with van der Waals surface area (Å²) in [6, 6.07) is 1.34. The van der Waals surface area contributed by atoms with Crippen molar-refractivity contribution in [2.45, 2.75) is 72.0 Å². The molecule has 1 unspecified atom stereocenters. The molecule has 0 bridgehead atoms. The highest BCUT2D eigenvalue weighted by Crippen LogP contribution is 2.29. The Morgan fingerprint density at radius 1 is 1.37 bits per heavy atom. The molecule has 0 aliphatic heterocycles. The van der Waals surface area contributed by atoms with Crippen LogP contribution in [-0.4, -0.2) is 23.6 Å². The molecule has 2 rings (SSSR count). The first-order valence-corrected chi connectivity index (χ1v) is 8.49. The van der Waals surface area contributed by atoms with Gasteiger partial charge < -0.3 is 10.2 Å². The van der Waals surface area contributed by atoms with Crippen LogP contribution in [0.4, 0.5) is 5.13 Å². The normalized spacial score (nSPS) is 16.6. The van der Waals surface area contributed by atoms with E-state index in [-0.39, 0.29) is 0 Å². The molecule has 1 saturated carbocycles. The summed E-state index contributed by atoms with van der Waals surface area (Å²) in [6.45, 7) is 11.0. The highest BCUT2D eigenvalue weighted by molar-refractivity contribution is 7.15. The predicted octanol–water partition coefficient (Wildman–Crippen LogP) is 3.58. The number of aromatic nitrogens is 1. The van der Waals surface area contributed by atoms with Crippen LogP contribution in [0.15, 0.2) is 0 Å². The Hall–Kier alpha value is -0.610. The second kappa shape index (κ2) is 6.71. The van der Waals surface area contributed by atoms with Gasteiger partial charge in [0.1, 0.15) is 0 Å². The van der Waals surface area contributed by atoms with Crippen LogP contribution in [0.2, 0.25) is 0 Å².